The normalized spacial score (nSPS) is 12.8. The molecule has 0 aliphatic heterocycles. The van der Waals surface area contributed by atoms with E-state index in [4.69, 9.17) is 5.73 Å². The van der Waals surface area contributed by atoms with Gasteiger partial charge in [-0.15, -0.1) is 5.10 Å². The highest BCUT2D eigenvalue weighted by Crippen LogP contribution is 2.32. The molecule has 184 valence electrons. The molecule has 0 amide bonds. The maximum atomic E-state index is 13.6. The topological polar surface area (TPSA) is 86.9 Å². The van der Waals surface area contributed by atoms with Gasteiger partial charge in [0, 0.05) is 42.2 Å². The second kappa shape index (κ2) is 9.14. The largest absolute Gasteiger partial charge is 0.366 e. The zero-order chi connectivity index (χ0) is 25.4. The van der Waals surface area contributed by atoms with Crippen LogP contribution in [0.4, 0.5) is 14.7 Å². The van der Waals surface area contributed by atoms with Gasteiger partial charge in [-0.1, -0.05) is 44.2 Å². The molecule has 1 atom stereocenters. The predicted octanol–water partition coefficient (Wildman–Crippen LogP) is 5.91. The molecule has 4 aromatic heterocycles. The van der Waals surface area contributed by atoms with Crippen molar-refractivity contribution in [2.45, 2.75) is 45.6 Å². The Balaban J connectivity index is 1.54. The average Bonchev–Trinajstić information content (AvgIpc) is 3.50. The van der Waals surface area contributed by atoms with Crippen LogP contribution in [-0.4, -0.2) is 29.4 Å². The molecule has 5 rings (SSSR count). The SMILES string of the molecule is CCc1cccc(-c2cc(-c3cnn(C(CC)c4ccc(C(C)(F)F)nc4)c3)cn3nc(N)nc23)c1. The van der Waals surface area contributed by atoms with Gasteiger partial charge in [0.15, 0.2) is 5.65 Å². The number of fused-ring (bicyclic) bond motifs is 1. The minimum atomic E-state index is -2.98. The highest BCUT2D eigenvalue weighted by Gasteiger charge is 2.26. The van der Waals surface area contributed by atoms with E-state index in [2.05, 4.69) is 51.4 Å². The summed E-state index contributed by atoms with van der Waals surface area (Å²) in [6, 6.07) is 13.3. The summed E-state index contributed by atoms with van der Waals surface area (Å²) < 4.78 is 30.7. The van der Waals surface area contributed by atoms with Gasteiger partial charge in [-0.25, -0.2) is 4.52 Å². The Kier molecular flexibility index (Phi) is 5.99. The van der Waals surface area contributed by atoms with Crippen LogP contribution < -0.4 is 5.73 Å². The number of hydrogen-bond acceptors (Lipinski definition) is 5. The van der Waals surface area contributed by atoms with Crippen molar-refractivity contribution in [2.24, 2.45) is 0 Å². The lowest BCUT2D eigenvalue weighted by atomic mass is 10.0. The fourth-order valence-electron chi connectivity index (χ4n) is 4.43. The number of nitrogens with zero attached hydrogens (tertiary/aromatic N) is 6. The van der Waals surface area contributed by atoms with E-state index < -0.39 is 5.92 Å². The first-order valence-electron chi connectivity index (χ1n) is 11.9. The van der Waals surface area contributed by atoms with Gasteiger partial charge in [-0.3, -0.25) is 9.67 Å². The quantitative estimate of drug-likeness (QED) is 0.308. The number of nitrogens with two attached hydrogens (primary N) is 1. The monoisotopic (exact) mass is 487 g/mol. The molecule has 9 heteroatoms. The predicted molar refractivity (Wildman–Crippen MR) is 136 cm³/mol. The van der Waals surface area contributed by atoms with Crippen molar-refractivity contribution in [3.63, 3.8) is 0 Å². The highest BCUT2D eigenvalue weighted by molar-refractivity contribution is 5.82. The third-order valence-electron chi connectivity index (χ3n) is 6.36. The Morgan fingerprint density at radius 1 is 1.00 bits per heavy atom. The first kappa shape index (κ1) is 23.6. The number of benzene rings is 1. The Morgan fingerprint density at radius 3 is 2.53 bits per heavy atom. The number of hydrogen-bond donors (Lipinski definition) is 1. The van der Waals surface area contributed by atoms with Crippen molar-refractivity contribution in [3.8, 4) is 22.3 Å². The van der Waals surface area contributed by atoms with E-state index in [1.807, 2.05) is 30.1 Å². The zero-order valence-electron chi connectivity index (χ0n) is 20.4. The molecule has 0 saturated heterocycles. The van der Waals surface area contributed by atoms with Crippen molar-refractivity contribution in [2.75, 3.05) is 5.73 Å². The number of anilines is 1. The smallest absolute Gasteiger partial charge is 0.286 e. The van der Waals surface area contributed by atoms with Gasteiger partial charge in [0.2, 0.25) is 5.95 Å². The van der Waals surface area contributed by atoms with Crippen LogP contribution in [0.15, 0.2) is 67.3 Å². The fraction of sp³-hybridized carbons (Fsp3) is 0.259. The zero-order valence-corrected chi connectivity index (χ0v) is 20.4. The van der Waals surface area contributed by atoms with Crippen LogP contribution in [-0.2, 0) is 12.3 Å². The molecule has 4 heterocycles. The van der Waals surface area contributed by atoms with Crippen molar-refractivity contribution in [1.29, 1.82) is 0 Å². The van der Waals surface area contributed by atoms with Gasteiger partial charge >= 0.3 is 0 Å². The molecule has 0 saturated carbocycles. The Morgan fingerprint density at radius 2 is 1.83 bits per heavy atom. The van der Waals surface area contributed by atoms with Gasteiger partial charge in [0.05, 0.1) is 12.2 Å². The second-order valence-corrected chi connectivity index (χ2v) is 8.93. The molecule has 1 aromatic carbocycles. The molecule has 0 spiro atoms. The Hall–Kier alpha value is -4.14. The molecule has 2 N–H and O–H groups in total. The van der Waals surface area contributed by atoms with Gasteiger partial charge in [-0.2, -0.15) is 18.9 Å². The summed E-state index contributed by atoms with van der Waals surface area (Å²) in [5, 5.41) is 8.95. The van der Waals surface area contributed by atoms with Crippen molar-refractivity contribution >= 4 is 11.6 Å². The summed E-state index contributed by atoms with van der Waals surface area (Å²) >= 11 is 0. The van der Waals surface area contributed by atoms with Gasteiger partial charge < -0.3 is 5.73 Å². The molecular weight excluding hydrogens is 460 g/mol. The first-order chi connectivity index (χ1) is 17.3. The lowest BCUT2D eigenvalue weighted by molar-refractivity contribution is 0.0127. The summed E-state index contributed by atoms with van der Waals surface area (Å²) in [6.45, 7) is 4.99. The van der Waals surface area contributed by atoms with Crippen LogP contribution in [0, 0.1) is 0 Å². The first-order valence-corrected chi connectivity index (χ1v) is 11.9. The Bertz CT molecular complexity index is 1510. The molecule has 1 unspecified atom stereocenters. The van der Waals surface area contributed by atoms with Crippen LogP contribution in [0.25, 0.3) is 27.9 Å². The molecule has 0 aliphatic carbocycles. The van der Waals surface area contributed by atoms with E-state index in [0.717, 1.165) is 47.6 Å². The van der Waals surface area contributed by atoms with E-state index in [9.17, 15) is 8.78 Å². The summed E-state index contributed by atoms with van der Waals surface area (Å²) in [5.74, 6) is -2.77. The number of pyridine rings is 2. The van der Waals surface area contributed by atoms with E-state index in [1.165, 1.54) is 17.8 Å². The lowest BCUT2D eigenvalue weighted by Crippen LogP contribution is -2.13. The summed E-state index contributed by atoms with van der Waals surface area (Å²) in [4.78, 5) is 8.42. The van der Waals surface area contributed by atoms with Gasteiger partial charge in [0.1, 0.15) is 5.69 Å². The molecule has 7 nitrogen and oxygen atoms in total. The lowest BCUT2D eigenvalue weighted by Gasteiger charge is -2.17. The standard InChI is InChI=1S/C27H27F2N7/c1-4-17-7-6-8-18(11-17)22-12-20(15-36-25(22)33-26(30)34-36)21-14-32-35(16-21)23(5-2)19-9-10-24(31-13-19)27(3,28)29/h6-16,23H,4-5H2,1-3H3,(H2,30,34). The average molecular weight is 488 g/mol. The number of rotatable bonds is 7. The van der Waals surface area contributed by atoms with Crippen LogP contribution in [0.5, 0.6) is 0 Å². The third-order valence-corrected chi connectivity index (χ3v) is 6.36. The van der Waals surface area contributed by atoms with Crippen LogP contribution >= 0.6 is 0 Å². The summed E-state index contributed by atoms with van der Waals surface area (Å²) in [5.41, 5.74) is 12.2. The van der Waals surface area contributed by atoms with E-state index in [1.54, 1.807) is 16.8 Å². The van der Waals surface area contributed by atoms with Gasteiger partial charge in [0.25, 0.3) is 5.92 Å². The highest BCUT2D eigenvalue weighted by atomic mass is 19.3. The minimum Gasteiger partial charge on any atom is -0.366 e. The Labute approximate surface area is 207 Å². The number of halogens is 2. The number of alkyl halides is 2. The van der Waals surface area contributed by atoms with Crippen LogP contribution in [0.2, 0.25) is 0 Å². The number of aromatic nitrogens is 6. The van der Waals surface area contributed by atoms with E-state index in [0.29, 0.717) is 5.65 Å². The van der Waals surface area contributed by atoms with E-state index in [-0.39, 0.29) is 17.7 Å². The third kappa shape index (κ3) is 4.44. The summed E-state index contributed by atoms with van der Waals surface area (Å²) in [7, 11) is 0. The van der Waals surface area contributed by atoms with Crippen molar-refractivity contribution in [1.82, 2.24) is 29.4 Å². The maximum Gasteiger partial charge on any atom is 0.286 e. The summed E-state index contributed by atoms with van der Waals surface area (Å²) in [6.07, 6.45) is 8.77. The van der Waals surface area contributed by atoms with E-state index >= 15 is 0 Å². The minimum absolute atomic E-state index is 0.141. The molecule has 0 bridgehead atoms. The molecular formula is C27H27F2N7. The molecule has 36 heavy (non-hydrogen) atoms. The molecule has 0 fully saturated rings. The second-order valence-electron chi connectivity index (χ2n) is 8.93. The number of aryl methyl sites for hydroxylation is 1. The van der Waals surface area contributed by atoms with Crippen LogP contribution in [0.3, 0.4) is 0 Å². The van der Waals surface area contributed by atoms with Crippen molar-refractivity contribution in [3.05, 3.63) is 84.1 Å². The maximum absolute atomic E-state index is 13.6. The van der Waals surface area contributed by atoms with Gasteiger partial charge in [-0.05, 0) is 41.7 Å². The molecule has 0 radical (unpaired) electrons. The number of nitrogen functional groups attached to an aromatic ring is 1. The van der Waals surface area contributed by atoms with Crippen molar-refractivity contribution < 1.29 is 8.78 Å². The fourth-order valence-corrected chi connectivity index (χ4v) is 4.43. The molecule has 5 aromatic rings. The van der Waals surface area contributed by atoms with Crippen LogP contribution in [0.1, 0.15) is 50.1 Å². The molecule has 0 aliphatic rings.